The second kappa shape index (κ2) is 10.3. The number of benzene rings is 1. The average molecular weight is 498 g/mol. The van der Waals surface area contributed by atoms with E-state index in [-0.39, 0.29) is 36.3 Å². The van der Waals surface area contributed by atoms with Crippen LogP contribution in [0, 0.1) is 17.6 Å². The maximum atomic E-state index is 13.9. The van der Waals surface area contributed by atoms with Gasteiger partial charge in [0.25, 0.3) is 0 Å². The first-order chi connectivity index (χ1) is 16.6. The summed E-state index contributed by atoms with van der Waals surface area (Å²) in [6, 6.07) is 3.75. The van der Waals surface area contributed by atoms with Crippen LogP contribution >= 0.6 is 0 Å². The molecule has 0 bridgehead atoms. The number of ether oxygens (including phenoxy) is 1. The quantitative estimate of drug-likeness (QED) is 0.555. The van der Waals surface area contributed by atoms with Crippen LogP contribution in [0.4, 0.5) is 33.6 Å². The minimum atomic E-state index is -4.52. The van der Waals surface area contributed by atoms with Gasteiger partial charge in [-0.05, 0) is 55.4 Å². The van der Waals surface area contributed by atoms with Gasteiger partial charge >= 0.3 is 6.18 Å². The number of amides is 1. The van der Waals surface area contributed by atoms with Crippen molar-refractivity contribution in [2.75, 3.05) is 36.5 Å². The summed E-state index contributed by atoms with van der Waals surface area (Å²) in [5.41, 5.74) is 5.57. The molecule has 1 amide bonds. The normalized spacial score (nSPS) is 20.1. The zero-order valence-electron chi connectivity index (χ0n) is 19.0. The molecule has 0 aliphatic carbocycles. The number of rotatable bonds is 7. The Labute approximate surface area is 199 Å². The molecule has 2 atom stereocenters. The maximum absolute atomic E-state index is 13.9. The number of primary amides is 1. The van der Waals surface area contributed by atoms with Crippen LogP contribution in [0.5, 0.6) is 0 Å². The SMILES string of the molecule is NC(=O)C(c1cc(F)cc(F)c1)c1ccc(NCC2CCOCC2)nc1N1CCCC1C(F)(F)F. The first-order valence-electron chi connectivity index (χ1n) is 11.5. The number of aromatic nitrogens is 1. The third-order valence-electron chi connectivity index (χ3n) is 6.53. The number of carbonyl (C=O) groups is 1. The highest BCUT2D eigenvalue weighted by Gasteiger charge is 2.47. The number of carbonyl (C=O) groups excluding carboxylic acids is 1. The topological polar surface area (TPSA) is 80.5 Å². The summed E-state index contributed by atoms with van der Waals surface area (Å²) in [5, 5.41) is 3.17. The molecule has 2 aliphatic heterocycles. The zero-order valence-corrected chi connectivity index (χ0v) is 19.0. The number of nitrogens with one attached hydrogen (secondary N) is 1. The molecule has 2 aliphatic rings. The van der Waals surface area contributed by atoms with Crippen molar-refractivity contribution in [2.24, 2.45) is 11.7 Å². The number of halogens is 5. The minimum absolute atomic E-state index is 0.0651. The predicted octanol–water partition coefficient (Wildman–Crippen LogP) is 4.35. The number of alkyl halides is 3. The molecule has 0 spiro atoms. The van der Waals surface area contributed by atoms with Crippen LogP contribution in [0.1, 0.15) is 42.7 Å². The van der Waals surface area contributed by atoms with E-state index in [1.54, 1.807) is 6.07 Å². The van der Waals surface area contributed by atoms with Gasteiger partial charge in [0, 0.05) is 37.9 Å². The van der Waals surface area contributed by atoms with Crippen molar-refractivity contribution in [3.8, 4) is 0 Å². The molecule has 190 valence electrons. The summed E-state index contributed by atoms with van der Waals surface area (Å²) >= 11 is 0. The minimum Gasteiger partial charge on any atom is -0.381 e. The maximum Gasteiger partial charge on any atom is 0.408 e. The van der Waals surface area contributed by atoms with Gasteiger partial charge in [0.2, 0.25) is 5.91 Å². The third kappa shape index (κ3) is 5.83. The molecule has 6 nitrogen and oxygen atoms in total. The Morgan fingerprint density at radius 2 is 1.83 bits per heavy atom. The molecule has 11 heteroatoms. The van der Waals surface area contributed by atoms with Gasteiger partial charge < -0.3 is 20.7 Å². The van der Waals surface area contributed by atoms with E-state index < -0.39 is 35.7 Å². The van der Waals surface area contributed by atoms with E-state index in [1.807, 2.05) is 0 Å². The Morgan fingerprint density at radius 1 is 1.14 bits per heavy atom. The molecule has 2 aromatic rings. The summed E-state index contributed by atoms with van der Waals surface area (Å²) in [6.45, 7) is 1.92. The van der Waals surface area contributed by atoms with E-state index in [0.29, 0.717) is 37.6 Å². The lowest BCUT2D eigenvalue weighted by Gasteiger charge is -2.31. The van der Waals surface area contributed by atoms with E-state index in [2.05, 4.69) is 10.3 Å². The Kier molecular flexibility index (Phi) is 7.44. The van der Waals surface area contributed by atoms with Gasteiger partial charge in [0.05, 0.1) is 5.92 Å². The zero-order chi connectivity index (χ0) is 25.2. The number of nitrogens with two attached hydrogens (primary N) is 1. The van der Waals surface area contributed by atoms with Crippen LogP contribution in [-0.4, -0.2) is 49.4 Å². The van der Waals surface area contributed by atoms with Gasteiger partial charge in [-0.2, -0.15) is 13.2 Å². The first kappa shape index (κ1) is 25.2. The lowest BCUT2D eigenvalue weighted by atomic mass is 9.90. The van der Waals surface area contributed by atoms with Crippen LogP contribution in [0.2, 0.25) is 0 Å². The average Bonchev–Trinajstić information content (AvgIpc) is 3.29. The van der Waals surface area contributed by atoms with E-state index in [0.717, 1.165) is 29.9 Å². The van der Waals surface area contributed by atoms with Crippen molar-refractivity contribution >= 4 is 17.5 Å². The number of anilines is 2. The fourth-order valence-electron chi connectivity index (χ4n) is 4.81. The molecule has 2 fully saturated rings. The fourth-order valence-corrected chi connectivity index (χ4v) is 4.81. The Balaban J connectivity index is 1.75. The molecule has 35 heavy (non-hydrogen) atoms. The number of hydrogen-bond donors (Lipinski definition) is 2. The van der Waals surface area contributed by atoms with Crippen LogP contribution in [0.3, 0.4) is 0 Å². The Hall–Kier alpha value is -2.95. The molecule has 3 heterocycles. The second-order valence-corrected chi connectivity index (χ2v) is 8.98. The smallest absolute Gasteiger partial charge is 0.381 e. The van der Waals surface area contributed by atoms with Crippen LogP contribution in [0.15, 0.2) is 30.3 Å². The third-order valence-corrected chi connectivity index (χ3v) is 6.53. The van der Waals surface area contributed by atoms with Gasteiger partial charge in [-0.15, -0.1) is 0 Å². The van der Waals surface area contributed by atoms with Crippen LogP contribution < -0.4 is 16.0 Å². The van der Waals surface area contributed by atoms with E-state index in [1.165, 1.54) is 6.07 Å². The van der Waals surface area contributed by atoms with Crippen molar-refractivity contribution in [3.05, 3.63) is 53.1 Å². The molecule has 2 saturated heterocycles. The van der Waals surface area contributed by atoms with Gasteiger partial charge in [0.1, 0.15) is 29.3 Å². The molecule has 4 rings (SSSR count). The van der Waals surface area contributed by atoms with E-state index in [4.69, 9.17) is 10.5 Å². The first-order valence-corrected chi connectivity index (χ1v) is 11.5. The fraction of sp³-hybridized carbons (Fsp3) is 0.500. The number of pyridine rings is 1. The predicted molar refractivity (Wildman–Crippen MR) is 120 cm³/mol. The highest BCUT2D eigenvalue weighted by molar-refractivity contribution is 5.87. The number of hydrogen-bond acceptors (Lipinski definition) is 5. The summed E-state index contributed by atoms with van der Waals surface area (Å²) in [7, 11) is 0. The number of nitrogens with zero attached hydrogens (tertiary/aromatic N) is 2. The molecular weight excluding hydrogens is 471 g/mol. The molecule has 1 aromatic carbocycles. The summed E-state index contributed by atoms with van der Waals surface area (Å²) in [5.74, 6) is -3.59. The molecular formula is C24H27F5N4O2. The van der Waals surface area contributed by atoms with Gasteiger partial charge in [0.15, 0.2) is 0 Å². The second-order valence-electron chi connectivity index (χ2n) is 8.98. The summed E-state index contributed by atoms with van der Waals surface area (Å²) < 4.78 is 74.7. The van der Waals surface area contributed by atoms with Gasteiger partial charge in [-0.1, -0.05) is 6.07 Å². The highest BCUT2D eigenvalue weighted by Crippen LogP contribution is 2.40. The van der Waals surface area contributed by atoms with Crippen molar-refractivity contribution in [3.63, 3.8) is 0 Å². The van der Waals surface area contributed by atoms with Crippen LogP contribution in [-0.2, 0) is 9.53 Å². The molecule has 0 saturated carbocycles. The molecule has 2 unspecified atom stereocenters. The molecule has 1 aromatic heterocycles. The standard InChI is InChI=1S/C24H27F5N4O2/c25-16-10-15(11-17(26)12-16)21(22(30)34)18-3-4-20(31-13-14-5-8-35-9-6-14)32-23(18)33-7-1-2-19(33)24(27,28)29/h3-4,10-12,14,19,21H,1-2,5-9,13H2,(H2,30,34)(H,31,32). The summed E-state index contributed by atoms with van der Waals surface area (Å²) in [4.78, 5) is 18.0. The van der Waals surface area contributed by atoms with Crippen molar-refractivity contribution in [2.45, 2.75) is 43.8 Å². The Bertz CT molecular complexity index is 1040. The van der Waals surface area contributed by atoms with E-state index >= 15 is 0 Å². The largest absolute Gasteiger partial charge is 0.408 e. The monoisotopic (exact) mass is 498 g/mol. The van der Waals surface area contributed by atoms with E-state index in [9.17, 15) is 26.7 Å². The summed E-state index contributed by atoms with van der Waals surface area (Å²) in [6.07, 6.45) is -2.65. The van der Waals surface area contributed by atoms with Crippen molar-refractivity contribution in [1.29, 1.82) is 0 Å². The molecule has 0 radical (unpaired) electrons. The van der Waals surface area contributed by atoms with Gasteiger partial charge in [-0.3, -0.25) is 4.79 Å². The van der Waals surface area contributed by atoms with Crippen LogP contribution in [0.25, 0.3) is 0 Å². The Morgan fingerprint density at radius 3 is 2.46 bits per heavy atom. The molecule has 3 N–H and O–H groups in total. The lowest BCUT2D eigenvalue weighted by Crippen LogP contribution is -2.42. The van der Waals surface area contributed by atoms with Gasteiger partial charge in [-0.25, -0.2) is 13.8 Å². The van der Waals surface area contributed by atoms with Crippen molar-refractivity contribution in [1.82, 2.24) is 4.98 Å². The highest BCUT2D eigenvalue weighted by atomic mass is 19.4. The van der Waals surface area contributed by atoms with Crippen molar-refractivity contribution < 1.29 is 31.5 Å². The lowest BCUT2D eigenvalue weighted by molar-refractivity contribution is -0.146.